The van der Waals surface area contributed by atoms with Gasteiger partial charge in [0, 0.05) is 12.3 Å². The zero-order chi connectivity index (χ0) is 12.6. The lowest BCUT2D eigenvalue weighted by atomic mass is 10.2. The van der Waals surface area contributed by atoms with Crippen LogP contribution in [0.4, 0.5) is 0 Å². The molecular weight excluding hydrogens is 244 g/mol. The van der Waals surface area contributed by atoms with E-state index in [1.165, 1.54) is 5.56 Å². The predicted octanol–water partition coefficient (Wildman–Crippen LogP) is 2.85. The summed E-state index contributed by atoms with van der Waals surface area (Å²) in [5, 5.41) is 4.37. The Bertz CT molecular complexity index is 389. The van der Waals surface area contributed by atoms with Gasteiger partial charge in [0.05, 0.1) is 13.2 Å². The van der Waals surface area contributed by atoms with Crippen molar-refractivity contribution in [1.29, 1.82) is 0 Å². The Hall–Kier alpha value is -1.16. The van der Waals surface area contributed by atoms with E-state index in [2.05, 4.69) is 29.4 Å². The van der Waals surface area contributed by atoms with E-state index in [9.17, 15) is 0 Å². The van der Waals surface area contributed by atoms with Crippen molar-refractivity contribution in [2.24, 2.45) is 4.99 Å². The van der Waals surface area contributed by atoms with Gasteiger partial charge in [0.15, 0.2) is 5.17 Å². The molecule has 98 valence electrons. The number of hydrogen-bond donors (Lipinski definition) is 1. The highest BCUT2D eigenvalue weighted by Gasteiger charge is 2.04. The third kappa shape index (κ3) is 4.61. The molecule has 0 spiro atoms. The number of hydrogen-bond acceptors (Lipinski definition) is 4. The Morgan fingerprint density at radius 2 is 2.11 bits per heavy atom. The maximum absolute atomic E-state index is 5.68. The van der Waals surface area contributed by atoms with Gasteiger partial charge in [-0.2, -0.15) is 0 Å². The first-order chi connectivity index (χ1) is 8.84. The minimum absolute atomic E-state index is 0.795. The van der Waals surface area contributed by atoms with E-state index < -0.39 is 0 Å². The summed E-state index contributed by atoms with van der Waals surface area (Å²) in [6, 6.07) is 8.21. The van der Waals surface area contributed by atoms with Gasteiger partial charge < -0.3 is 10.1 Å². The molecule has 0 unspecified atom stereocenters. The van der Waals surface area contributed by atoms with Crippen molar-refractivity contribution in [2.75, 3.05) is 25.4 Å². The van der Waals surface area contributed by atoms with Gasteiger partial charge in [-0.1, -0.05) is 29.5 Å². The molecule has 0 saturated heterocycles. The predicted molar refractivity (Wildman–Crippen MR) is 78.7 cm³/mol. The molecule has 1 aromatic carbocycles. The number of rotatable bonds is 6. The number of nitrogens with one attached hydrogen (secondary N) is 1. The number of aryl methyl sites for hydroxylation is 1. The number of thioether (sulfide) groups is 1. The molecule has 0 bridgehead atoms. The van der Waals surface area contributed by atoms with Gasteiger partial charge in [-0.05, 0) is 31.9 Å². The molecule has 2 rings (SSSR count). The number of unbranched alkanes of at least 4 members (excludes halogenated alkanes) is 1. The van der Waals surface area contributed by atoms with Crippen LogP contribution in [0, 0.1) is 6.92 Å². The maximum atomic E-state index is 5.68. The van der Waals surface area contributed by atoms with Gasteiger partial charge in [0.25, 0.3) is 0 Å². The Morgan fingerprint density at radius 3 is 2.83 bits per heavy atom. The normalized spacial score (nSPS) is 14.2. The molecule has 18 heavy (non-hydrogen) atoms. The zero-order valence-corrected chi connectivity index (χ0v) is 11.6. The van der Waals surface area contributed by atoms with Gasteiger partial charge in [-0.15, -0.1) is 0 Å². The molecule has 0 aliphatic carbocycles. The molecule has 1 aliphatic heterocycles. The van der Waals surface area contributed by atoms with Crippen molar-refractivity contribution in [2.45, 2.75) is 19.8 Å². The number of aliphatic imine (C=N–C) groups is 1. The SMILES string of the molecule is Cc1ccc(OCCCCSC2=NCCN2)cc1. The molecule has 0 radical (unpaired) electrons. The minimum Gasteiger partial charge on any atom is -0.494 e. The second-order valence-electron chi connectivity index (χ2n) is 4.33. The fourth-order valence-electron chi connectivity index (χ4n) is 1.67. The van der Waals surface area contributed by atoms with Gasteiger partial charge >= 0.3 is 0 Å². The highest BCUT2D eigenvalue weighted by molar-refractivity contribution is 8.13. The van der Waals surface area contributed by atoms with Crippen molar-refractivity contribution in [3.63, 3.8) is 0 Å². The highest BCUT2D eigenvalue weighted by Crippen LogP contribution is 2.13. The fourth-order valence-corrected chi connectivity index (χ4v) is 2.60. The number of ether oxygens (including phenoxy) is 1. The van der Waals surface area contributed by atoms with Crippen molar-refractivity contribution < 1.29 is 4.74 Å². The summed E-state index contributed by atoms with van der Waals surface area (Å²) in [5.74, 6) is 2.08. The van der Waals surface area contributed by atoms with Gasteiger partial charge in [-0.3, -0.25) is 4.99 Å². The molecule has 0 fully saturated rings. The molecule has 3 nitrogen and oxygen atoms in total. The molecule has 0 amide bonds. The summed E-state index contributed by atoms with van der Waals surface area (Å²) < 4.78 is 5.68. The van der Waals surface area contributed by atoms with Gasteiger partial charge in [-0.25, -0.2) is 0 Å². The van der Waals surface area contributed by atoms with E-state index in [1.54, 1.807) is 0 Å². The van der Waals surface area contributed by atoms with Crippen LogP contribution < -0.4 is 10.1 Å². The standard InChI is InChI=1S/C14H20N2OS/c1-12-4-6-13(7-5-12)17-10-2-3-11-18-14-15-8-9-16-14/h4-7H,2-3,8-11H2,1H3,(H,15,16). The van der Waals surface area contributed by atoms with Crippen molar-refractivity contribution in [1.82, 2.24) is 5.32 Å². The van der Waals surface area contributed by atoms with Crippen LogP contribution in [0.25, 0.3) is 0 Å². The van der Waals surface area contributed by atoms with Crippen molar-refractivity contribution in [3.05, 3.63) is 29.8 Å². The summed E-state index contributed by atoms with van der Waals surface area (Å²) in [7, 11) is 0. The van der Waals surface area contributed by atoms with E-state index in [1.807, 2.05) is 23.9 Å². The summed E-state index contributed by atoms with van der Waals surface area (Å²) in [5.41, 5.74) is 1.27. The number of benzene rings is 1. The number of amidine groups is 1. The Labute approximate surface area is 113 Å². The van der Waals surface area contributed by atoms with Crippen LogP contribution in [-0.4, -0.2) is 30.6 Å². The van der Waals surface area contributed by atoms with Gasteiger partial charge in [0.1, 0.15) is 5.75 Å². The van der Waals surface area contributed by atoms with Crippen LogP contribution in [0.15, 0.2) is 29.3 Å². The minimum atomic E-state index is 0.795. The van der Waals surface area contributed by atoms with E-state index >= 15 is 0 Å². The van der Waals surface area contributed by atoms with E-state index in [4.69, 9.17) is 4.74 Å². The third-order valence-corrected chi connectivity index (χ3v) is 3.75. The fraction of sp³-hybridized carbons (Fsp3) is 0.500. The Kier molecular flexibility index (Phi) is 5.39. The summed E-state index contributed by atoms with van der Waals surface area (Å²) in [6.45, 7) is 4.81. The molecule has 4 heteroatoms. The molecule has 1 heterocycles. The molecule has 0 aromatic heterocycles. The first-order valence-electron chi connectivity index (χ1n) is 6.45. The average molecular weight is 264 g/mol. The van der Waals surface area contributed by atoms with Crippen LogP contribution in [0.1, 0.15) is 18.4 Å². The highest BCUT2D eigenvalue weighted by atomic mass is 32.2. The Balaban J connectivity index is 1.52. The largest absolute Gasteiger partial charge is 0.494 e. The summed E-state index contributed by atoms with van der Waals surface area (Å²) >= 11 is 1.82. The smallest absolute Gasteiger partial charge is 0.156 e. The lowest BCUT2D eigenvalue weighted by molar-refractivity contribution is 0.310. The van der Waals surface area contributed by atoms with Crippen molar-refractivity contribution >= 4 is 16.9 Å². The van der Waals surface area contributed by atoms with Crippen LogP contribution in [-0.2, 0) is 0 Å². The van der Waals surface area contributed by atoms with Crippen LogP contribution in [0.3, 0.4) is 0 Å². The molecule has 1 N–H and O–H groups in total. The summed E-state index contributed by atoms with van der Waals surface area (Å²) in [6.07, 6.45) is 2.26. The monoisotopic (exact) mass is 264 g/mol. The van der Waals surface area contributed by atoms with Crippen molar-refractivity contribution in [3.8, 4) is 5.75 Å². The zero-order valence-electron chi connectivity index (χ0n) is 10.8. The maximum Gasteiger partial charge on any atom is 0.156 e. The molecule has 1 aromatic rings. The average Bonchev–Trinajstić information content (AvgIpc) is 2.89. The first kappa shape index (κ1) is 13.3. The third-order valence-electron chi connectivity index (χ3n) is 2.71. The topological polar surface area (TPSA) is 33.6 Å². The Morgan fingerprint density at radius 1 is 1.28 bits per heavy atom. The lowest BCUT2D eigenvalue weighted by Crippen LogP contribution is -2.15. The molecule has 1 aliphatic rings. The summed E-state index contributed by atoms with van der Waals surface area (Å²) in [4.78, 5) is 4.35. The van der Waals surface area contributed by atoms with E-state index in [-0.39, 0.29) is 0 Å². The van der Waals surface area contributed by atoms with Crippen LogP contribution in [0.2, 0.25) is 0 Å². The van der Waals surface area contributed by atoms with Crippen LogP contribution in [0.5, 0.6) is 5.75 Å². The molecule has 0 saturated carbocycles. The number of nitrogens with zero attached hydrogens (tertiary/aromatic N) is 1. The van der Waals surface area contributed by atoms with E-state index in [0.717, 1.165) is 49.2 Å². The molecular formula is C14H20N2OS. The van der Waals surface area contributed by atoms with E-state index in [0.29, 0.717) is 0 Å². The van der Waals surface area contributed by atoms with Crippen LogP contribution >= 0.6 is 11.8 Å². The first-order valence-corrected chi connectivity index (χ1v) is 7.44. The van der Waals surface area contributed by atoms with Gasteiger partial charge in [0.2, 0.25) is 0 Å². The molecule has 0 atom stereocenters. The quantitative estimate of drug-likeness (QED) is 0.802. The second-order valence-corrected chi connectivity index (χ2v) is 5.41. The lowest BCUT2D eigenvalue weighted by Gasteiger charge is -2.06. The second kappa shape index (κ2) is 7.31.